The molecule has 1 atom stereocenters. The number of nitrogens with zero attached hydrogens (tertiary/aromatic N) is 3. The van der Waals surface area contributed by atoms with E-state index in [0.29, 0.717) is 5.75 Å². The summed E-state index contributed by atoms with van der Waals surface area (Å²) in [5.41, 5.74) is 1.56. The zero-order valence-electron chi connectivity index (χ0n) is 12.4. The Morgan fingerprint density at radius 1 is 1.30 bits per heavy atom. The first-order chi connectivity index (χ1) is 9.62. The van der Waals surface area contributed by atoms with Crippen molar-refractivity contribution in [1.29, 1.82) is 0 Å². The first-order valence-corrected chi connectivity index (χ1v) is 6.92. The highest BCUT2D eigenvalue weighted by Gasteiger charge is 2.18. The zero-order valence-corrected chi connectivity index (χ0v) is 12.4. The van der Waals surface area contributed by atoms with Crippen LogP contribution in [0, 0.1) is 0 Å². The molecular formula is C15H21N3O2. The first kappa shape index (κ1) is 14.5. The van der Waals surface area contributed by atoms with Crippen LogP contribution >= 0.6 is 0 Å². The van der Waals surface area contributed by atoms with Gasteiger partial charge >= 0.3 is 0 Å². The SMILES string of the molecule is CCc1nc(CC)n(-c2cccc(OC)c2[C@@H](C)O)n1. The Labute approximate surface area is 119 Å². The number of aromatic nitrogens is 3. The highest BCUT2D eigenvalue weighted by Crippen LogP contribution is 2.31. The number of aliphatic hydroxyl groups is 1. The molecule has 0 saturated heterocycles. The van der Waals surface area contributed by atoms with Crippen molar-refractivity contribution in [3.63, 3.8) is 0 Å². The Bertz CT molecular complexity index is 591. The lowest BCUT2D eigenvalue weighted by atomic mass is 10.1. The highest BCUT2D eigenvalue weighted by molar-refractivity contribution is 5.51. The van der Waals surface area contributed by atoms with E-state index in [1.54, 1.807) is 14.0 Å². The van der Waals surface area contributed by atoms with Gasteiger partial charge in [-0.25, -0.2) is 9.67 Å². The van der Waals surface area contributed by atoms with Crippen LogP contribution in [0.2, 0.25) is 0 Å². The Morgan fingerprint density at radius 2 is 2.05 bits per heavy atom. The molecule has 108 valence electrons. The Hall–Kier alpha value is -1.88. The lowest BCUT2D eigenvalue weighted by Gasteiger charge is -2.16. The van der Waals surface area contributed by atoms with Gasteiger partial charge in [0.05, 0.1) is 18.9 Å². The summed E-state index contributed by atoms with van der Waals surface area (Å²) < 4.78 is 7.16. The summed E-state index contributed by atoms with van der Waals surface area (Å²) in [6.45, 7) is 5.80. The van der Waals surface area contributed by atoms with Gasteiger partial charge in [0.15, 0.2) is 5.82 Å². The summed E-state index contributed by atoms with van der Waals surface area (Å²) in [7, 11) is 1.60. The lowest BCUT2D eigenvalue weighted by molar-refractivity contribution is 0.194. The minimum absolute atomic E-state index is 0.639. The van der Waals surface area contributed by atoms with Crippen molar-refractivity contribution in [2.24, 2.45) is 0 Å². The van der Waals surface area contributed by atoms with Gasteiger partial charge in [0.25, 0.3) is 0 Å². The molecule has 1 N–H and O–H groups in total. The minimum atomic E-state index is -0.639. The minimum Gasteiger partial charge on any atom is -0.496 e. The molecule has 5 heteroatoms. The number of ether oxygens (including phenoxy) is 1. The molecule has 0 radical (unpaired) electrons. The summed E-state index contributed by atoms with van der Waals surface area (Å²) >= 11 is 0. The number of benzene rings is 1. The Morgan fingerprint density at radius 3 is 2.60 bits per heavy atom. The maximum absolute atomic E-state index is 10.1. The second-order valence-electron chi connectivity index (χ2n) is 4.63. The second-order valence-corrected chi connectivity index (χ2v) is 4.63. The number of aryl methyl sites for hydroxylation is 2. The van der Waals surface area contributed by atoms with E-state index in [2.05, 4.69) is 10.1 Å². The molecule has 0 aliphatic heterocycles. The molecule has 1 aromatic heterocycles. The number of rotatable bonds is 5. The van der Waals surface area contributed by atoms with Crippen LogP contribution in [0.25, 0.3) is 5.69 Å². The summed E-state index contributed by atoms with van der Waals surface area (Å²) in [6, 6.07) is 5.67. The lowest BCUT2D eigenvalue weighted by Crippen LogP contribution is -2.09. The van der Waals surface area contributed by atoms with E-state index in [4.69, 9.17) is 4.74 Å². The predicted molar refractivity (Wildman–Crippen MR) is 77.3 cm³/mol. The van der Waals surface area contributed by atoms with E-state index in [1.807, 2.05) is 36.7 Å². The smallest absolute Gasteiger partial charge is 0.151 e. The molecule has 20 heavy (non-hydrogen) atoms. The monoisotopic (exact) mass is 275 g/mol. The second kappa shape index (κ2) is 6.05. The van der Waals surface area contributed by atoms with Gasteiger partial charge in [-0.3, -0.25) is 0 Å². The molecule has 5 nitrogen and oxygen atoms in total. The zero-order chi connectivity index (χ0) is 14.7. The summed E-state index contributed by atoms with van der Waals surface area (Å²) in [5.74, 6) is 2.35. The Balaban J connectivity index is 2.65. The van der Waals surface area contributed by atoms with Crippen LogP contribution in [0.15, 0.2) is 18.2 Å². The van der Waals surface area contributed by atoms with Crippen molar-refractivity contribution in [1.82, 2.24) is 14.8 Å². The van der Waals surface area contributed by atoms with Crippen molar-refractivity contribution < 1.29 is 9.84 Å². The van der Waals surface area contributed by atoms with Crippen molar-refractivity contribution in [3.8, 4) is 11.4 Å². The molecule has 1 heterocycles. The van der Waals surface area contributed by atoms with Crippen LogP contribution < -0.4 is 4.74 Å². The van der Waals surface area contributed by atoms with E-state index in [9.17, 15) is 5.11 Å². The van der Waals surface area contributed by atoms with Gasteiger partial charge in [-0.15, -0.1) is 0 Å². The molecule has 0 saturated carbocycles. The maximum atomic E-state index is 10.1. The Kier molecular flexibility index (Phi) is 4.39. The van der Waals surface area contributed by atoms with Gasteiger partial charge in [-0.05, 0) is 19.1 Å². The molecule has 0 amide bonds. The third-order valence-electron chi connectivity index (χ3n) is 3.26. The standard InChI is InChI=1S/C15H21N3O2/c1-5-13-16-14(6-2)18(17-13)11-8-7-9-12(20-4)15(11)10(3)19/h7-10,19H,5-6H2,1-4H3/t10-/m1/s1. The van der Waals surface area contributed by atoms with Crippen molar-refractivity contribution in [3.05, 3.63) is 35.4 Å². The van der Waals surface area contributed by atoms with E-state index >= 15 is 0 Å². The fourth-order valence-electron chi connectivity index (χ4n) is 2.28. The normalized spacial score (nSPS) is 12.4. The fraction of sp³-hybridized carbons (Fsp3) is 0.467. The molecule has 0 aliphatic rings. The van der Waals surface area contributed by atoms with Crippen LogP contribution in [-0.4, -0.2) is 27.0 Å². The third-order valence-corrected chi connectivity index (χ3v) is 3.26. The molecule has 0 aliphatic carbocycles. The number of hydrogen-bond donors (Lipinski definition) is 1. The number of aliphatic hydroxyl groups excluding tert-OH is 1. The molecule has 1 aromatic carbocycles. The molecule has 2 rings (SSSR count). The van der Waals surface area contributed by atoms with Gasteiger partial charge in [-0.2, -0.15) is 5.10 Å². The quantitative estimate of drug-likeness (QED) is 0.910. The van der Waals surface area contributed by atoms with Gasteiger partial charge in [0.2, 0.25) is 0 Å². The summed E-state index contributed by atoms with van der Waals surface area (Å²) in [5, 5.41) is 14.6. The highest BCUT2D eigenvalue weighted by atomic mass is 16.5. The number of methoxy groups -OCH3 is 1. The molecule has 0 bridgehead atoms. The van der Waals surface area contributed by atoms with Crippen LogP contribution in [-0.2, 0) is 12.8 Å². The fourth-order valence-corrected chi connectivity index (χ4v) is 2.28. The van der Waals surface area contributed by atoms with E-state index in [1.165, 1.54) is 0 Å². The molecule has 0 fully saturated rings. The summed E-state index contributed by atoms with van der Waals surface area (Å²) in [6.07, 6.45) is 0.928. The van der Waals surface area contributed by atoms with E-state index < -0.39 is 6.10 Å². The van der Waals surface area contributed by atoms with Gasteiger partial charge in [0.1, 0.15) is 11.6 Å². The first-order valence-electron chi connectivity index (χ1n) is 6.92. The largest absolute Gasteiger partial charge is 0.496 e. The van der Waals surface area contributed by atoms with E-state index in [0.717, 1.165) is 35.7 Å². The van der Waals surface area contributed by atoms with E-state index in [-0.39, 0.29) is 0 Å². The van der Waals surface area contributed by atoms with Gasteiger partial charge < -0.3 is 9.84 Å². The van der Waals surface area contributed by atoms with Crippen LogP contribution in [0.4, 0.5) is 0 Å². The van der Waals surface area contributed by atoms with Gasteiger partial charge in [0, 0.05) is 18.4 Å². The van der Waals surface area contributed by atoms with Gasteiger partial charge in [-0.1, -0.05) is 19.9 Å². The molecule has 0 unspecified atom stereocenters. The van der Waals surface area contributed by atoms with Crippen LogP contribution in [0.1, 0.15) is 44.1 Å². The predicted octanol–water partition coefficient (Wildman–Crippen LogP) is 2.45. The van der Waals surface area contributed by atoms with Crippen molar-refractivity contribution in [2.45, 2.75) is 39.7 Å². The molecule has 0 spiro atoms. The van der Waals surface area contributed by atoms with Crippen LogP contribution in [0.3, 0.4) is 0 Å². The topological polar surface area (TPSA) is 60.2 Å². The average Bonchev–Trinajstić information content (AvgIpc) is 2.89. The molecular weight excluding hydrogens is 254 g/mol. The third kappa shape index (κ3) is 2.54. The van der Waals surface area contributed by atoms with Crippen LogP contribution in [0.5, 0.6) is 5.75 Å². The van der Waals surface area contributed by atoms with Crippen molar-refractivity contribution >= 4 is 0 Å². The maximum Gasteiger partial charge on any atom is 0.151 e. The summed E-state index contributed by atoms with van der Waals surface area (Å²) in [4.78, 5) is 4.51. The molecule has 2 aromatic rings. The average molecular weight is 275 g/mol. The number of hydrogen-bond acceptors (Lipinski definition) is 4. The van der Waals surface area contributed by atoms with Crippen molar-refractivity contribution in [2.75, 3.05) is 7.11 Å².